The molecule has 6 rings (SSSR count). The minimum atomic E-state index is -2.44. The van der Waals surface area contributed by atoms with Crippen LogP contribution >= 0.6 is 0 Å². The maximum Gasteiger partial charge on any atom is -1.00 e. The molecule has 4 aromatic rings. The van der Waals surface area contributed by atoms with Crippen molar-refractivity contribution in [2.75, 3.05) is 0 Å². The molecular weight excluding hydrogens is 679 g/mol. The van der Waals surface area contributed by atoms with Crippen molar-refractivity contribution in [1.29, 1.82) is 0 Å². The number of fused-ring (bicyclic) bond motifs is 3. The standard InChI is InChI=1S/C21H25.C17H18.C5H5.2ClH.Zr/c1-20(2,3)16-9-7-14-11-15-8-10-17(21(4,5)6)13-19(15)18(14)12-16;1-4-10-16(11-5-1)14-8-3-9-15-17-12-6-2-7-13-17;1-2-4-5-3-1;;;/h7-13H,1-6H3;1-2,4-7,10-13H,8-9,14-15H2;1-3H,4H2;2*1H;/q;;;;;+2/p-2. The molecule has 0 aliphatic heterocycles. The molecule has 0 radical (unpaired) electrons. The van der Waals surface area contributed by atoms with E-state index in [2.05, 4.69) is 157 Å². The van der Waals surface area contributed by atoms with Crippen LogP contribution in [-0.2, 0) is 44.9 Å². The zero-order chi connectivity index (χ0) is 30.9. The normalized spacial score (nSPS) is 13.5. The third-order valence-electron chi connectivity index (χ3n) is 9.65. The molecule has 3 heteroatoms. The van der Waals surface area contributed by atoms with Gasteiger partial charge in [0.25, 0.3) is 0 Å². The molecule has 0 unspecified atom stereocenters. The van der Waals surface area contributed by atoms with Crippen molar-refractivity contribution in [1.82, 2.24) is 0 Å². The molecule has 0 atom stereocenters. The second kappa shape index (κ2) is 15.3. The van der Waals surface area contributed by atoms with Gasteiger partial charge in [-0.2, -0.15) is 0 Å². The molecular formula is C43H48Cl2Zr. The Kier molecular flexibility index (Phi) is 12.1. The van der Waals surface area contributed by atoms with Crippen molar-refractivity contribution in [3.63, 3.8) is 0 Å². The largest absolute Gasteiger partial charge is 1.00 e. The average Bonchev–Trinajstić information content (AvgIpc) is 3.65. The quantitative estimate of drug-likeness (QED) is 0.233. The third kappa shape index (κ3) is 8.04. The first-order valence-corrected chi connectivity index (χ1v) is 20.4. The van der Waals surface area contributed by atoms with Crippen LogP contribution < -0.4 is 24.8 Å². The Bertz CT molecular complexity index is 1620. The minimum absolute atomic E-state index is 0. The van der Waals surface area contributed by atoms with Crippen LogP contribution in [0.5, 0.6) is 0 Å². The van der Waals surface area contributed by atoms with Gasteiger partial charge in [0.1, 0.15) is 0 Å². The molecule has 0 N–H and O–H groups in total. The molecule has 0 nitrogen and oxygen atoms in total. The molecule has 0 saturated carbocycles. The maximum atomic E-state index is 2.55. The van der Waals surface area contributed by atoms with E-state index in [0.29, 0.717) is 3.63 Å². The molecule has 0 bridgehead atoms. The summed E-state index contributed by atoms with van der Waals surface area (Å²) in [5.41, 5.74) is 12.2. The van der Waals surface area contributed by atoms with Crippen molar-refractivity contribution >= 4 is 3.21 Å². The van der Waals surface area contributed by atoms with Gasteiger partial charge in [0.05, 0.1) is 0 Å². The fourth-order valence-corrected chi connectivity index (χ4v) is 16.3. The summed E-state index contributed by atoms with van der Waals surface area (Å²) in [5, 5.41) is 0. The molecule has 0 spiro atoms. The fourth-order valence-electron chi connectivity index (χ4n) is 7.03. The first-order chi connectivity index (χ1) is 21.1. The zero-order valence-corrected chi connectivity index (χ0v) is 32.3. The third-order valence-corrected chi connectivity index (χ3v) is 18.3. The zero-order valence-electron chi connectivity index (χ0n) is 28.3. The van der Waals surface area contributed by atoms with Crippen LogP contribution in [0.25, 0.3) is 11.1 Å². The monoisotopic (exact) mass is 724 g/mol. The van der Waals surface area contributed by atoms with E-state index in [4.69, 9.17) is 0 Å². The predicted octanol–water partition coefficient (Wildman–Crippen LogP) is 5.26. The first-order valence-electron chi connectivity index (χ1n) is 16.5. The molecule has 0 saturated heterocycles. The molecule has 238 valence electrons. The van der Waals surface area contributed by atoms with Gasteiger partial charge in [-0.05, 0) is 0 Å². The number of benzene rings is 4. The minimum Gasteiger partial charge on any atom is -1.00 e. The Morgan fingerprint density at radius 1 is 0.630 bits per heavy atom. The Morgan fingerprint density at radius 2 is 1.09 bits per heavy atom. The molecule has 2 aliphatic rings. The average molecular weight is 727 g/mol. The van der Waals surface area contributed by atoms with E-state index in [9.17, 15) is 0 Å². The summed E-state index contributed by atoms with van der Waals surface area (Å²) in [4.78, 5) is 0. The van der Waals surface area contributed by atoms with Gasteiger partial charge in [-0.3, -0.25) is 0 Å². The summed E-state index contributed by atoms with van der Waals surface area (Å²) in [6.07, 6.45) is 13.1. The summed E-state index contributed by atoms with van der Waals surface area (Å²) < 4.78 is 4.18. The molecule has 2 aliphatic carbocycles. The van der Waals surface area contributed by atoms with Crippen molar-refractivity contribution in [3.8, 4) is 11.1 Å². The van der Waals surface area contributed by atoms with E-state index in [0.717, 1.165) is 19.3 Å². The van der Waals surface area contributed by atoms with E-state index in [1.165, 1.54) is 46.2 Å². The van der Waals surface area contributed by atoms with Gasteiger partial charge in [0.15, 0.2) is 0 Å². The van der Waals surface area contributed by atoms with Gasteiger partial charge in [0, 0.05) is 0 Å². The SMILES string of the molecule is CC(C)(C)c1ccc2c(c1)-c1cc(C(C)(C)C)ccc1[CH]2[Zr+2]([C]1=CC=CC1)=[C](CCc1ccccc1)CCc1ccccc1.[Cl-].[Cl-]. The fraction of sp³-hybridized carbons (Fsp3) is 0.326. The number of hydrogen-bond donors (Lipinski definition) is 0. The maximum absolute atomic E-state index is 2.55. The van der Waals surface area contributed by atoms with Gasteiger partial charge in [-0.25, -0.2) is 0 Å². The Labute approximate surface area is 298 Å². The summed E-state index contributed by atoms with van der Waals surface area (Å²) in [6, 6.07) is 37.4. The van der Waals surface area contributed by atoms with Crippen molar-refractivity contribution in [3.05, 3.63) is 152 Å². The topological polar surface area (TPSA) is 0 Å². The Morgan fingerprint density at radius 3 is 1.48 bits per heavy atom. The van der Waals surface area contributed by atoms with Crippen LogP contribution in [-0.4, -0.2) is 3.21 Å². The van der Waals surface area contributed by atoms with Crippen LogP contribution in [0.1, 0.15) is 97.8 Å². The van der Waals surface area contributed by atoms with Gasteiger partial charge in [-0.1, -0.05) is 0 Å². The molecule has 4 aromatic carbocycles. The van der Waals surface area contributed by atoms with Crippen molar-refractivity contribution < 1.29 is 46.1 Å². The number of allylic oxidation sites excluding steroid dienone is 4. The molecule has 0 aromatic heterocycles. The van der Waals surface area contributed by atoms with Gasteiger partial charge < -0.3 is 24.8 Å². The van der Waals surface area contributed by atoms with Crippen LogP contribution in [0.15, 0.2) is 119 Å². The van der Waals surface area contributed by atoms with Crippen molar-refractivity contribution in [2.24, 2.45) is 0 Å². The molecule has 46 heavy (non-hydrogen) atoms. The van der Waals surface area contributed by atoms with E-state index in [1.807, 2.05) is 3.21 Å². The Balaban J connectivity index is 0.00000240. The second-order valence-corrected chi connectivity index (χ2v) is 21.6. The smallest absolute Gasteiger partial charge is 1.00 e. The van der Waals surface area contributed by atoms with E-state index in [-0.39, 0.29) is 35.6 Å². The molecule has 0 fully saturated rings. The van der Waals surface area contributed by atoms with Gasteiger partial charge >= 0.3 is 276 Å². The predicted molar refractivity (Wildman–Crippen MR) is 187 cm³/mol. The number of halogens is 2. The van der Waals surface area contributed by atoms with Crippen molar-refractivity contribution in [2.45, 2.75) is 88.1 Å². The number of hydrogen-bond acceptors (Lipinski definition) is 0. The van der Waals surface area contributed by atoms with E-state index >= 15 is 0 Å². The second-order valence-electron chi connectivity index (χ2n) is 14.8. The van der Waals surface area contributed by atoms with Gasteiger partial charge in [-0.15, -0.1) is 0 Å². The molecule has 0 heterocycles. The summed E-state index contributed by atoms with van der Waals surface area (Å²) in [5.74, 6) is 0. The van der Waals surface area contributed by atoms with Crippen LogP contribution in [0.2, 0.25) is 0 Å². The Hall–Kier alpha value is -2.31. The van der Waals surface area contributed by atoms with Gasteiger partial charge in [0.2, 0.25) is 0 Å². The summed E-state index contributed by atoms with van der Waals surface area (Å²) in [7, 11) is 0. The van der Waals surface area contributed by atoms with Crippen LogP contribution in [0, 0.1) is 0 Å². The summed E-state index contributed by atoms with van der Waals surface area (Å²) in [6.45, 7) is 14.1. The first kappa shape index (κ1) is 36.5. The summed E-state index contributed by atoms with van der Waals surface area (Å²) >= 11 is -2.44. The van der Waals surface area contributed by atoms with E-state index in [1.54, 1.807) is 14.4 Å². The number of rotatable bonds is 8. The number of aryl methyl sites for hydroxylation is 2. The van der Waals surface area contributed by atoms with Crippen LogP contribution in [0.4, 0.5) is 0 Å². The van der Waals surface area contributed by atoms with Crippen LogP contribution in [0.3, 0.4) is 0 Å². The van der Waals surface area contributed by atoms with E-state index < -0.39 is 21.3 Å². The molecule has 0 amide bonds.